The topological polar surface area (TPSA) is 55.6 Å². The molecule has 0 aromatic heterocycles. The Labute approximate surface area is 104 Å². The summed E-state index contributed by atoms with van der Waals surface area (Å²) in [6.07, 6.45) is 1.91. The summed E-state index contributed by atoms with van der Waals surface area (Å²) in [7, 11) is 1.86. The first-order chi connectivity index (χ1) is 7.97. The molecular weight excluding hydrogens is 216 g/mol. The zero-order chi connectivity index (χ0) is 13.0. The summed E-state index contributed by atoms with van der Waals surface area (Å²) < 4.78 is 5.43. The number of amides is 1. The number of carbonyl (C=O) groups excluding carboxylic acids is 1. The summed E-state index contributed by atoms with van der Waals surface area (Å²) in [4.78, 5) is 13.8. The first-order valence-corrected chi connectivity index (χ1v) is 6.59. The van der Waals surface area contributed by atoms with Gasteiger partial charge in [-0.05, 0) is 25.7 Å². The Morgan fingerprint density at radius 1 is 1.53 bits per heavy atom. The van der Waals surface area contributed by atoms with E-state index in [9.17, 15) is 4.79 Å². The van der Waals surface area contributed by atoms with Crippen LogP contribution in [0.4, 0.5) is 0 Å². The highest BCUT2D eigenvalue weighted by Crippen LogP contribution is 2.35. The van der Waals surface area contributed by atoms with E-state index in [4.69, 9.17) is 10.5 Å². The lowest BCUT2D eigenvalue weighted by Gasteiger charge is -2.21. The smallest absolute Gasteiger partial charge is 0.228 e. The minimum Gasteiger partial charge on any atom is -0.378 e. The van der Waals surface area contributed by atoms with Crippen LogP contribution in [0, 0.1) is 11.8 Å². The van der Waals surface area contributed by atoms with E-state index in [1.807, 2.05) is 14.0 Å². The fourth-order valence-corrected chi connectivity index (χ4v) is 1.90. The van der Waals surface area contributed by atoms with Gasteiger partial charge in [-0.2, -0.15) is 0 Å². The van der Waals surface area contributed by atoms with Crippen molar-refractivity contribution in [3.8, 4) is 0 Å². The number of nitrogens with two attached hydrogens (primary N) is 1. The van der Waals surface area contributed by atoms with Gasteiger partial charge in [-0.3, -0.25) is 4.79 Å². The first-order valence-electron chi connectivity index (χ1n) is 6.59. The molecule has 3 atom stereocenters. The molecule has 0 bridgehead atoms. The van der Waals surface area contributed by atoms with Crippen LogP contribution in [0.2, 0.25) is 0 Å². The van der Waals surface area contributed by atoms with Crippen LogP contribution in [0.1, 0.15) is 33.6 Å². The monoisotopic (exact) mass is 242 g/mol. The fraction of sp³-hybridized carbons (Fsp3) is 0.923. The number of nitrogens with zero attached hydrogens (tertiary/aromatic N) is 1. The second-order valence-electron chi connectivity index (χ2n) is 5.29. The van der Waals surface area contributed by atoms with E-state index in [1.165, 1.54) is 0 Å². The summed E-state index contributed by atoms with van der Waals surface area (Å²) in [6, 6.07) is 0.173. The molecule has 4 heteroatoms. The number of ether oxygens (including phenoxy) is 1. The van der Waals surface area contributed by atoms with E-state index >= 15 is 0 Å². The van der Waals surface area contributed by atoms with Crippen molar-refractivity contribution in [1.29, 1.82) is 0 Å². The molecule has 100 valence electrons. The maximum absolute atomic E-state index is 12.0. The van der Waals surface area contributed by atoms with E-state index < -0.39 is 0 Å². The quantitative estimate of drug-likeness (QED) is 0.731. The Balaban J connectivity index is 2.24. The van der Waals surface area contributed by atoms with E-state index in [0.717, 1.165) is 19.4 Å². The van der Waals surface area contributed by atoms with Gasteiger partial charge in [0.05, 0.1) is 12.0 Å². The Morgan fingerprint density at radius 2 is 2.18 bits per heavy atom. The van der Waals surface area contributed by atoms with Crippen molar-refractivity contribution in [3.05, 3.63) is 0 Å². The van der Waals surface area contributed by atoms with Crippen LogP contribution in [0.15, 0.2) is 0 Å². The minimum atomic E-state index is 0.0928. The molecule has 3 unspecified atom stereocenters. The molecule has 0 aromatic rings. The molecule has 1 saturated carbocycles. The van der Waals surface area contributed by atoms with Gasteiger partial charge in [-0.25, -0.2) is 0 Å². The SMILES string of the molecule is CCOC1CC1C(=O)N(C)CCC(N)C(C)C. The standard InChI is InChI=1S/C13H26N2O2/c1-5-17-12-8-10(12)13(16)15(4)7-6-11(14)9(2)3/h9-12H,5-8,14H2,1-4H3. The molecule has 1 aliphatic rings. The van der Waals surface area contributed by atoms with Gasteiger partial charge in [0, 0.05) is 26.2 Å². The van der Waals surface area contributed by atoms with Crippen LogP contribution in [-0.2, 0) is 9.53 Å². The summed E-state index contributed by atoms with van der Waals surface area (Å²) in [5.74, 6) is 0.769. The maximum Gasteiger partial charge on any atom is 0.228 e. The van der Waals surface area contributed by atoms with Crippen molar-refractivity contribution in [2.24, 2.45) is 17.6 Å². The largest absolute Gasteiger partial charge is 0.378 e. The molecule has 17 heavy (non-hydrogen) atoms. The predicted molar refractivity (Wildman–Crippen MR) is 68.6 cm³/mol. The average Bonchev–Trinajstić information content (AvgIpc) is 3.04. The van der Waals surface area contributed by atoms with Crippen molar-refractivity contribution in [2.75, 3.05) is 20.2 Å². The number of hydrogen-bond acceptors (Lipinski definition) is 3. The lowest BCUT2D eigenvalue weighted by atomic mass is 10.0. The molecule has 4 nitrogen and oxygen atoms in total. The van der Waals surface area contributed by atoms with Crippen LogP contribution in [0.3, 0.4) is 0 Å². The molecule has 0 aromatic carbocycles. The second kappa shape index (κ2) is 6.36. The predicted octanol–water partition coefficient (Wildman–Crippen LogP) is 1.24. The molecule has 0 spiro atoms. The van der Waals surface area contributed by atoms with Gasteiger partial charge in [0.15, 0.2) is 0 Å². The van der Waals surface area contributed by atoms with Crippen molar-refractivity contribution in [1.82, 2.24) is 4.90 Å². The molecule has 1 amide bonds. The van der Waals surface area contributed by atoms with Gasteiger partial charge < -0.3 is 15.4 Å². The first kappa shape index (κ1) is 14.5. The molecule has 1 rings (SSSR count). The summed E-state index contributed by atoms with van der Waals surface area (Å²) in [5, 5.41) is 0. The van der Waals surface area contributed by atoms with Gasteiger partial charge >= 0.3 is 0 Å². The fourth-order valence-electron chi connectivity index (χ4n) is 1.90. The highest BCUT2D eigenvalue weighted by molar-refractivity contribution is 5.81. The van der Waals surface area contributed by atoms with Crippen LogP contribution < -0.4 is 5.73 Å². The highest BCUT2D eigenvalue weighted by Gasteiger charge is 2.45. The van der Waals surface area contributed by atoms with E-state index in [-0.39, 0.29) is 24.0 Å². The van der Waals surface area contributed by atoms with Gasteiger partial charge in [0.1, 0.15) is 0 Å². The van der Waals surface area contributed by atoms with Gasteiger partial charge in [-0.1, -0.05) is 13.8 Å². The Kier molecular flexibility index (Phi) is 5.40. The third-order valence-electron chi connectivity index (χ3n) is 3.46. The molecule has 2 N–H and O–H groups in total. The van der Waals surface area contributed by atoms with Crippen molar-refractivity contribution in [2.45, 2.75) is 45.8 Å². The molecule has 0 heterocycles. The van der Waals surface area contributed by atoms with Gasteiger partial charge in [0.2, 0.25) is 5.91 Å². The summed E-state index contributed by atoms with van der Waals surface area (Å²) in [6.45, 7) is 7.62. The third-order valence-corrected chi connectivity index (χ3v) is 3.46. The zero-order valence-electron chi connectivity index (χ0n) is 11.5. The van der Waals surface area contributed by atoms with E-state index in [1.54, 1.807) is 4.90 Å². The van der Waals surface area contributed by atoms with Crippen molar-refractivity contribution >= 4 is 5.91 Å². The van der Waals surface area contributed by atoms with Crippen molar-refractivity contribution in [3.63, 3.8) is 0 Å². The van der Waals surface area contributed by atoms with E-state index in [0.29, 0.717) is 12.5 Å². The Hall–Kier alpha value is -0.610. The summed E-state index contributed by atoms with van der Waals surface area (Å²) in [5.41, 5.74) is 5.97. The second-order valence-corrected chi connectivity index (χ2v) is 5.29. The molecule has 0 saturated heterocycles. The lowest BCUT2D eigenvalue weighted by Crippen LogP contribution is -2.35. The zero-order valence-corrected chi connectivity index (χ0v) is 11.5. The molecule has 0 radical (unpaired) electrons. The Bertz CT molecular complexity index is 256. The molecular formula is C13H26N2O2. The maximum atomic E-state index is 12.0. The molecule has 1 aliphatic carbocycles. The number of rotatable bonds is 7. The normalized spacial score (nSPS) is 24.8. The lowest BCUT2D eigenvalue weighted by molar-refractivity contribution is -0.132. The summed E-state index contributed by atoms with van der Waals surface area (Å²) >= 11 is 0. The van der Waals surface area contributed by atoms with Crippen LogP contribution in [0.5, 0.6) is 0 Å². The number of carbonyl (C=O) groups is 1. The van der Waals surface area contributed by atoms with Crippen LogP contribution in [-0.4, -0.2) is 43.2 Å². The van der Waals surface area contributed by atoms with Gasteiger partial charge in [-0.15, -0.1) is 0 Å². The van der Waals surface area contributed by atoms with Gasteiger partial charge in [0.25, 0.3) is 0 Å². The minimum absolute atomic E-state index is 0.0928. The third kappa shape index (κ3) is 4.28. The molecule has 1 fully saturated rings. The highest BCUT2D eigenvalue weighted by atomic mass is 16.5. The van der Waals surface area contributed by atoms with Crippen LogP contribution in [0.25, 0.3) is 0 Å². The van der Waals surface area contributed by atoms with E-state index in [2.05, 4.69) is 13.8 Å². The number of hydrogen-bond donors (Lipinski definition) is 1. The average molecular weight is 242 g/mol. The Morgan fingerprint density at radius 3 is 2.71 bits per heavy atom. The van der Waals surface area contributed by atoms with Crippen molar-refractivity contribution < 1.29 is 9.53 Å². The van der Waals surface area contributed by atoms with Crippen LogP contribution >= 0.6 is 0 Å². The molecule has 0 aliphatic heterocycles.